The Morgan fingerprint density at radius 1 is 1.39 bits per heavy atom. The van der Waals surface area contributed by atoms with E-state index in [2.05, 4.69) is 34.5 Å². The maximum absolute atomic E-state index is 5.30. The molecular weight excluding hydrogens is 228 g/mol. The fourth-order valence-electron chi connectivity index (χ4n) is 2.12. The van der Waals surface area contributed by atoms with Crippen LogP contribution >= 0.6 is 0 Å². The molecule has 106 valence electrons. The molecule has 0 aromatic rings. The molecule has 0 aliphatic carbocycles. The lowest BCUT2D eigenvalue weighted by atomic mass is 10.1. The summed E-state index contributed by atoms with van der Waals surface area (Å²) >= 11 is 0. The van der Waals surface area contributed by atoms with Gasteiger partial charge in [-0.2, -0.15) is 0 Å². The highest BCUT2D eigenvalue weighted by molar-refractivity contribution is 5.79. The van der Waals surface area contributed by atoms with Crippen LogP contribution in [0.4, 0.5) is 0 Å². The number of nitrogens with zero attached hydrogens (tertiary/aromatic N) is 2. The number of hydrogen-bond donors (Lipinski definition) is 2. The van der Waals surface area contributed by atoms with Crippen LogP contribution in [0.15, 0.2) is 4.99 Å². The van der Waals surface area contributed by atoms with Gasteiger partial charge in [0.1, 0.15) is 0 Å². The smallest absolute Gasteiger partial charge is 0.191 e. The first-order chi connectivity index (χ1) is 8.76. The highest BCUT2D eigenvalue weighted by Gasteiger charge is 2.18. The SMILES string of the molecule is CCNC(=NCC1CCN(C)C1)NCCOCC. The minimum absolute atomic E-state index is 0.706. The Kier molecular flexibility index (Phi) is 7.76. The highest BCUT2D eigenvalue weighted by atomic mass is 16.5. The van der Waals surface area contributed by atoms with Crippen molar-refractivity contribution < 1.29 is 4.74 Å². The van der Waals surface area contributed by atoms with E-state index in [1.807, 2.05) is 6.92 Å². The summed E-state index contributed by atoms with van der Waals surface area (Å²) in [5, 5.41) is 6.56. The van der Waals surface area contributed by atoms with Gasteiger partial charge in [0.15, 0.2) is 5.96 Å². The van der Waals surface area contributed by atoms with E-state index in [0.717, 1.165) is 38.8 Å². The second-order valence-electron chi connectivity index (χ2n) is 4.76. The van der Waals surface area contributed by atoms with E-state index in [-0.39, 0.29) is 0 Å². The standard InChI is InChI=1S/C13H28N4O/c1-4-14-13(15-7-9-18-5-2)16-10-12-6-8-17(3)11-12/h12H,4-11H2,1-3H3,(H2,14,15,16). The van der Waals surface area contributed by atoms with Crippen LogP contribution in [0.3, 0.4) is 0 Å². The predicted octanol–water partition coefficient (Wildman–Crippen LogP) is 0.530. The second-order valence-corrected chi connectivity index (χ2v) is 4.76. The van der Waals surface area contributed by atoms with Gasteiger partial charge in [0.2, 0.25) is 0 Å². The zero-order valence-electron chi connectivity index (χ0n) is 12.0. The average molecular weight is 256 g/mol. The Balaban J connectivity index is 2.25. The summed E-state index contributed by atoms with van der Waals surface area (Å²) in [6.45, 7) is 10.6. The van der Waals surface area contributed by atoms with E-state index >= 15 is 0 Å². The fourth-order valence-corrected chi connectivity index (χ4v) is 2.12. The monoisotopic (exact) mass is 256 g/mol. The van der Waals surface area contributed by atoms with Crippen molar-refractivity contribution in [2.45, 2.75) is 20.3 Å². The number of hydrogen-bond acceptors (Lipinski definition) is 3. The maximum atomic E-state index is 5.30. The predicted molar refractivity (Wildman–Crippen MR) is 76.1 cm³/mol. The van der Waals surface area contributed by atoms with Crippen molar-refractivity contribution in [2.24, 2.45) is 10.9 Å². The molecule has 5 heteroatoms. The van der Waals surface area contributed by atoms with Crippen molar-refractivity contribution in [3.63, 3.8) is 0 Å². The Morgan fingerprint density at radius 2 is 2.22 bits per heavy atom. The van der Waals surface area contributed by atoms with Gasteiger partial charge in [-0.1, -0.05) is 0 Å². The molecule has 1 aliphatic rings. The molecule has 1 saturated heterocycles. The van der Waals surface area contributed by atoms with Crippen LogP contribution in [0.2, 0.25) is 0 Å². The van der Waals surface area contributed by atoms with Gasteiger partial charge < -0.3 is 20.3 Å². The Hall–Kier alpha value is -0.810. The minimum atomic E-state index is 0.706. The Bertz CT molecular complexity index is 245. The van der Waals surface area contributed by atoms with Gasteiger partial charge in [0.05, 0.1) is 6.61 Å². The molecule has 18 heavy (non-hydrogen) atoms. The third-order valence-corrected chi connectivity index (χ3v) is 3.08. The zero-order valence-corrected chi connectivity index (χ0v) is 12.0. The van der Waals surface area contributed by atoms with Crippen LogP contribution in [0, 0.1) is 5.92 Å². The molecule has 5 nitrogen and oxygen atoms in total. The lowest BCUT2D eigenvalue weighted by molar-refractivity contribution is 0.152. The van der Waals surface area contributed by atoms with Crippen molar-refractivity contribution in [3.05, 3.63) is 0 Å². The Labute approximate surface area is 111 Å². The molecular formula is C13H28N4O. The molecule has 1 fully saturated rings. The van der Waals surface area contributed by atoms with Crippen molar-refractivity contribution in [1.29, 1.82) is 0 Å². The summed E-state index contributed by atoms with van der Waals surface area (Å²) in [7, 11) is 2.18. The van der Waals surface area contributed by atoms with E-state index in [1.54, 1.807) is 0 Å². The first kappa shape index (κ1) is 15.2. The molecule has 0 amide bonds. The molecule has 0 spiro atoms. The van der Waals surface area contributed by atoms with Crippen molar-refractivity contribution in [2.75, 3.05) is 53.0 Å². The van der Waals surface area contributed by atoms with E-state index in [1.165, 1.54) is 19.5 Å². The van der Waals surface area contributed by atoms with Crippen LogP contribution in [-0.2, 0) is 4.74 Å². The quantitative estimate of drug-likeness (QED) is 0.396. The summed E-state index contributed by atoms with van der Waals surface area (Å²) in [6, 6.07) is 0. The van der Waals surface area contributed by atoms with Gasteiger partial charge in [-0.25, -0.2) is 0 Å². The molecule has 1 unspecified atom stereocenters. The van der Waals surface area contributed by atoms with Gasteiger partial charge in [-0.3, -0.25) is 4.99 Å². The number of aliphatic imine (C=N–C) groups is 1. The normalized spacial score (nSPS) is 21.3. The molecule has 1 rings (SSSR count). The molecule has 0 bridgehead atoms. The van der Waals surface area contributed by atoms with Crippen LogP contribution < -0.4 is 10.6 Å². The van der Waals surface area contributed by atoms with Crippen molar-refractivity contribution in [1.82, 2.24) is 15.5 Å². The topological polar surface area (TPSA) is 48.9 Å². The van der Waals surface area contributed by atoms with E-state index in [0.29, 0.717) is 5.92 Å². The van der Waals surface area contributed by atoms with Gasteiger partial charge in [-0.05, 0) is 39.8 Å². The summed E-state index contributed by atoms with van der Waals surface area (Å²) in [5.74, 6) is 1.61. The highest BCUT2D eigenvalue weighted by Crippen LogP contribution is 2.13. The van der Waals surface area contributed by atoms with Gasteiger partial charge >= 0.3 is 0 Å². The number of rotatable bonds is 7. The molecule has 0 radical (unpaired) electrons. The van der Waals surface area contributed by atoms with E-state index in [4.69, 9.17) is 4.74 Å². The van der Waals surface area contributed by atoms with E-state index in [9.17, 15) is 0 Å². The van der Waals surface area contributed by atoms with Crippen LogP contribution in [0.1, 0.15) is 20.3 Å². The summed E-state index contributed by atoms with van der Waals surface area (Å²) in [4.78, 5) is 7.01. The van der Waals surface area contributed by atoms with E-state index < -0.39 is 0 Å². The second kappa shape index (κ2) is 9.16. The lowest BCUT2D eigenvalue weighted by Crippen LogP contribution is -2.39. The van der Waals surface area contributed by atoms with Crippen LogP contribution in [-0.4, -0.2) is 63.8 Å². The number of guanidine groups is 1. The summed E-state index contributed by atoms with van der Waals surface area (Å²) in [6.07, 6.45) is 1.26. The largest absolute Gasteiger partial charge is 0.380 e. The fraction of sp³-hybridized carbons (Fsp3) is 0.923. The minimum Gasteiger partial charge on any atom is -0.380 e. The van der Waals surface area contributed by atoms with Gasteiger partial charge in [0, 0.05) is 32.8 Å². The molecule has 1 aliphatic heterocycles. The number of nitrogens with one attached hydrogen (secondary N) is 2. The van der Waals surface area contributed by atoms with Crippen molar-refractivity contribution in [3.8, 4) is 0 Å². The lowest BCUT2D eigenvalue weighted by Gasteiger charge is -2.13. The molecule has 0 saturated carbocycles. The first-order valence-electron chi connectivity index (χ1n) is 7.04. The first-order valence-corrected chi connectivity index (χ1v) is 7.04. The van der Waals surface area contributed by atoms with Gasteiger partial charge in [0.25, 0.3) is 0 Å². The summed E-state index contributed by atoms with van der Waals surface area (Å²) in [5.41, 5.74) is 0. The average Bonchev–Trinajstić information content (AvgIpc) is 2.77. The third-order valence-electron chi connectivity index (χ3n) is 3.08. The Morgan fingerprint density at radius 3 is 2.83 bits per heavy atom. The molecule has 2 N–H and O–H groups in total. The molecule has 0 aromatic carbocycles. The maximum Gasteiger partial charge on any atom is 0.191 e. The number of likely N-dealkylation sites (tertiary alicyclic amines) is 1. The molecule has 1 atom stereocenters. The van der Waals surface area contributed by atoms with Gasteiger partial charge in [-0.15, -0.1) is 0 Å². The molecule has 0 aromatic heterocycles. The molecule has 1 heterocycles. The van der Waals surface area contributed by atoms with Crippen LogP contribution in [0.25, 0.3) is 0 Å². The van der Waals surface area contributed by atoms with Crippen molar-refractivity contribution >= 4 is 5.96 Å². The third kappa shape index (κ3) is 6.21. The van der Waals surface area contributed by atoms with Crippen LogP contribution in [0.5, 0.6) is 0 Å². The zero-order chi connectivity index (χ0) is 13.2. The number of ether oxygens (including phenoxy) is 1. The summed E-state index contributed by atoms with van der Waals surface area (Å²) < 4.78 is 5.30.